The van der Waals surface area contributed by atoms with Gasteiger partial charge in [0.25, 0.3) is 0 Å². The van der Waals surface area contributed by atoms with E-state index in [1.165, 1.54) is 18.2 Å². The van der Waals surface area contributed by atoms with E-state index >= 15 is 0 Å². The Morgan fingerprint density at radius 1 is 1.03 bits per heavy atom. The fourth-order valence-electron chi connectivity index (χ4n) is 4.51. The number of amides is 2. The standard InChI is InChI=1S/C24H34N2O7/c1-5-13-31-20(27)16(4)9-8-12-25-22(29)24(26-23(30)33-15-7-3)11-10-17-18(19(17)24)21(28)32-14-6-2/h5-7,16-19H,1-3,8-15H2,4H3,(H,25,29)(H,26,30)/t16?,17-,18-,19-,24-/m0/s1. The van der Waals surface area contributed by atoms with Gasteiger partial charge in [-0.05, 0) is 31.6 Å². The second-order valence-electron chi connectivity index (χ2n) is 8.37. The number of esters is 2. The normalized spacial score (nSPS) is 25.5. The molecule has 2 N–H and O–H groups in total. The van der Waals surface area contributed by atoms with Crippen LogP contribution in [0.1, 0.15) is 32.6 Å². The third-order valence-electron chi connectivity index (χ3n) is 6.13. The van der Waals surface area contributed by atoms with Crippen LogP contribution in [0.2, 0.25) is 0 Å². The van der Waals surface area contributed by atoms with Gasteiger partial charge in [0.2, 0.25) is 5.91 Å². The smallest absolute Gasteiger partial charge is 0.408 e. The minimum Gasteiger partial charge on any atom is -0.461 e. The SMILES string of the molecule is C=CCOC(=O)N[C@@]1(C(=O)NCCCC(C)C(=O)OCC=C)CC[C@H]2[C@H](C(=O)OCC=C)[C@H]21. The van der Waals surface area contributed by atoms with Gasteiger partial charge in [0.15, 0.2) is 0 Å². The first kappa shape index (κ1) is 26.2. The number of carbonyl (C=O) groups is 4. The van der Waals surface area contributed by atoms with Crippen molar-refractivity contribution in [3.05, 3.63) is 38.0 Å². The van der Waals surface area contributed by atoms with E-state index in [2.05, 4.69) is 30.4 Å². The van der Waals surface area contributed by atoms with Gasteiger partial charge in [-0.2, -0.15) is 0 Å². The molecule has 9 heteroatoms. The van der Waals surface area contributed by atoms with Crippen LogP contribution in [0.4, 0.5) is 4.79 Å². The number of alkyl carbamates (subject to hydrolysis) is 1. The largest absolute Gasteiger partial charge is 0.461 e. The number of hydrogen-bond acceptors (Lipinski definition) is 7. The molecule has 1 unspecified atom stereocenters. The predicted octanol–water partition coefficient (Wildman–Crippen LogP) is 2.28. The molecule has 0 aromatic rings. The summed E-state index contributed by atoms with van der Waals surface area (Å²) in [6, 6.07) is 0. The molecule has 0 radical (unpaired) electrons. The Morgan fingerprint density at radius 3 is 2.33 bits per heavy atom. The molecular weight excluding hydrogens is 428 g/mol. The molecule has 0 aromatic carbocycles. The van der Waals surface area contributed by atoms with Gasteiger partial charge in [-0.3, -0.25) is 14.4 Å². The summed E-state index contributed by atoms with van der Waals surface area (Å²) in [6.07, 6.45) is 5.76. The summed E-state index contributed by atoms with van der Waals surface area (Å²) >= 11 is 0. The number of nitrogens with one attached hydrogen (secondary N) is 2. The van der Waals surface area contributed by atoms with Gasteiger partial charge in [-0.25, -0.2) is 4.79 Å². The maximum atomic E-state index is 13.2. The lowest BCUT2D eigenvalue weighted by atomic mass is 9.89. The molecule has 2 fully saturated rings. The molecule has 0 aromatic heterocycles. The zero-order valence-electron chi connectivity index (χ0n) is 19.2. The minimum absolute atomic E-state index is 0.00226. The molecule has 2 aliphatic carbocycles. The van der Waals surface area contributed by atoms with E-state index < -0.39 is 23.5 Å². The Bertz CT molecular complexity index is 781. The molecule has 2 aliphatic rings. The highest BCUT2D eigenvalue weighted by Gasteiger charge is 2.72. The van der Waals surface area contributed by atoms with Crippen LogP contribution in [-0.2, 0) is 28.6 Å². The topological polar surface area (TPSA) is 120 Å². The predicted molar refractivity (Wildman–Crippen MR) is 121 cm³/mol. The molecule has 2 amide bonds. The second kappa shape index (κ2) is 12.2. The van der Waals surface area contributed by atoms with E-state index in [0.29, 0.717) is 32.2 Å². The third kappa shape index (κ3) is 6.46. The molecule has 33 heavy (non-hydrogen) atoms. The maximum Gasteiger partial charge on any atom is 0.408 e. The Labute approximate surface area is 194 Å². The van der Waals surface area contributed by atoms with Crippen molar-refractivity contribution in [2.45, 2.75) is 38.1 Å². The van der Waals surface area contributed by atoms with Crippen molar-refractivity contribution in [2.75, 3.05) is 26.4 Å². The Morgan fingerprint density at radius 2 is 1.67 bits per heavy atom. The van der Waals surface area contributed by atoms with Crippen LogP contribution in [-0.4, -0.2) is 55.8 Å². The van der Waals surface area contributed by atoms with E-state index in [-0.39, 0.29) is 49.5 Å². The third-order valence-corrected chi connectivity index (χ3v) is 6.13. The minimum atomic E-state index is -1.25. The van der Waals surface area contributed by atoms with Crippen LogP contribution in [0, 0.1) is 23.7 Å². The molecule has 2 rings (SSSR count). The summed E-state index contributed by atoms with van der Waals surface area (Å²) in [5.74, 6) is -2.25. The summed E-state index contributed by atoms with van der Waals surface area (Å²) in [6.45, 7) is 12.9. The second-order valence-corrected chi connectivity index (χ2v) is 8.37. The van der Waals surface area contributed by atoms with E-state index in [1.807, 2.05) is 0 Å². The first-order chi connectivity index (χ1) is 15.8. The summed E-state index contributed by atoms with van der Waals surface area (Å²) < 4.78 is 15.2. The van der Waals surface area contributed by atoms with Gasteiger partial charge in [-0.1, -0.05) is 44.9 Å². The lowest BCUT2D eigenvalue weighted by Crippen LogP contribution is -2.60. The number of fused-ring (bicyclic) bond motifs is 1. The van der Waals surface area contributed by atoms with Gasteiger partial charge >= 0.3 is 18.0 Å². The van der Waals surface area contributed by atoms with Crippen molar-refractivity contribution >= 4 is 23.9 Å². The zero-order chi connectivity index (χ0) is 24.4. The van der Waals surface area contributed by atoms with Gasteiger partial charge in [0.1, 0.15) is 25.4 Å². The van der Waals surface area contributed by atoms with Crippen LogP contribution in [0.25, 0.3) is 0 Å². The lowest BCUT2D eigenvalue weighted by molar-refractivity contribution is -0.147. The summed E-state index contributed by atoms with van der Waals surface area (Å²) in [5, 5.41) is 5.58. The monoisotopic (exact) mass is 462 g/mol. The number of ether oxygens (including phenoxy) is 3. The van der Waals surface area contributed by atoms with E-state index in [1.54, 1.807) is 6.92 Å². The van der Waals surface area contributed by atoms with Crippen molar-refractivity contribution in [1.29, 1.82) is 0 Å². The van der Waals surface area contributed by atoms with E-state index in [4.69, 9.17) is 14.2 Å². The summed E-state index contributed by atoms with van der Waals surface area (Å²) in [5.41, 5.74) is -1.25. The van der Waals surface area contributed by atoms with Crippen LogP contribution < -0.4 is 10.6 Å². The summed E-state index contributed by atoms with van der Waals surface area (Å²) in [7, 11) is 0. The number of rotatable bonds is 14. The molecule has 9 nitrogen and oxygen atoms in total. The number of hydrogen-bond donors (Lipinski definition) is 2. The lowest BCUT2D eigenvalue weighted by Gasteiger charge is -2.31. The van der Waals surface area contributed by atoms with Crippen LogP contribution >= 0.6 is 0 Å². The van der Waals surface area contributed by atoms with Gasteiger partial charge < -0.3 is 24.8 Å². The van der Waals surface area contributed by atoms with Crippen molar-refractivity contribution in [2.24, 2.45) is 23.7 Å². The Hall–Kier alpha value is -3.10. The molecular formula is C24H34N2O7. The highest BCUT2D eigenvalue weighted by atomic mass is 16.5. The molecule has 0 bridgehead atoms. The average molecular weight is 463 g/mol. The van der Waals surface area contributed by atoms with Gasteiger partial charge in [-0.15, -0.1) is 0 Å². The first-order valence-electron chi connectivity index (χ1n) is 11.2. The van der Waals surface area contributed by atoms with Gasteiger partial charge in [0.05, 0.1) is 11.8 Å². The average Bonchev–Trinajstić information content (AvgIpc) is 3.43. The molecule has 0 heterocycles. The molecule has 182 valence electrons. The fourth-order valence-corrected chi connectivity index (χ4v) is 4.51. The van der Waals surface area contributed by atoms with Crippen LogP contribution in [0.5, 0.6) is 0 Å². The molecule has 0 aliphatic heterocycles. The zero-order valence-corrected chi connectivity index (χ0v) is 19.2. The molecule has 0 spiro atoms. The van der Waals surface area contributed by atoms with Crippen molar-refractivity contribution in [3.63, 3.8) is 0 Å². The maximum absolute atomic E-state index is 13.2. The van der Waals surface area contributed by atoms with Gasteiger partial charge in [0, 0.05) is 12.5 Å². The van der Waals surface area contributed by atoms with Crippen molar-refractivity contribution in [3.8, 4) is 0 Å². The van der Waals surface area contributed by atoms with Crippen LogP contribution in [0.3, 0.4) is 0 Å². The number of carbonyl (C=O) groups excluding carboxylic acids is 4. The highest BCUT2D eigenvalue weighted by molar-refractivity contribution is 5.93. The molecule has 2 saturated carbocycles. The Balaban J connectivity index is 1.99. The first-order valence-corrected chi connectivity index (χ1v) is 11.2. The van der Waals surface area contributed by atoms with Crippen molar-refractivity contribution < 1.29 is 33.4 Å². The molecule has 0 saturated heterocycles. The Kier molecular flexibility index (Phi) is 9.69. The quantitative estimate of drug-likeness (QED) is 0.176. The van der Waals surface area contributed by atoms with E-state index in [0.717, 1.165) is 0 Å². The molecule has 5 atom stereocenters. The highest BCUT2D eigenvalue weighted by Crippen LogP contribution is 2.62. The summed E-state index contributed by atoms with van der Waals surface area (Å²) in [4.78, 5) is 49.8. The van der Waals surface area contributed by atoms with Crippen LogP contribution in [0.15, 0.2) is 38.0 Å². The van der Waals surface area contributed by atoms with E-state index in [9.17, 15) is 19.2 Å². The fraction of sp³-hybridized carbons (Fsp3) is 0.583. The van der Waals surface area contributed by atoms with Crippen molar-refractivity contribution in [1.82, 2.24) is 10.6 Å².